The third kappa shape index (κ3) is 6.61. The van der Waals surface area contributed by atoms with E-state index in [2.05, 4.69) is 27.3 Å². The van der Waals surface area contributed by atoms with Crippen LogP contribution in [-0.2, 0) is 11.3 Å². The van der Waals surface area contributed by atoms with Gasteiger partial charge in [0.25, 0.3) is 0 Å². The molecule has 0 aliphatic heterocycles. The van der Waals surface area contributed by atoms with E-state index in [0.717, 1.165) is 31.0 Å². The van der Waals surface area contributed by atoms with E-state index < -0.39 is 0 Å². The highest BCUT2D eigenvalue weighted by molar-refractivity contribution is 5.89. The number of esters is 1. The van der Waals surface area contributed by atoms with E-state index in [-0.39, 0.29) is 5.97 Å². The molecule has 0 bridgehead atoms. The van der Waals surface area contributed by atoms with Gasteiger partial charge in [-0.05, 0) is 31.0 Å². The van der Waals surface area contributed by atoms with E-state index in [1.807, 2.05) is 19.1 Å². The zero-order valence-corrected chi connectivity index (χ0v) is 13.8. The fraction of sp³-hybridized carbons (Fsp3) is 0.529. The number of ether oxygens (including phenoxy) is 1. The van der Waals surface area contributed by atoms with Crippen LogP contribution in [0.15, 0.2) is 29.3 Å². The molecule has 1 aromatic carbocycles. The van der Waals surface area contributed by atoms with Gasteiger partial charge in [0.2, 0.25) is 0 Å². The Morgan fingerprint density at radius 1 is 1.14 bits per heavy atom. The summed E-state index contributed by atoms with van der Waals surface area (Å²) in [7, 11) is 1.38. The number of hydrogen-bond donors (Lipinski definition) is 2. The standard InChI is InChI=1S/C17H27N3O2/c1-4-6-7-12-19-17(18-5-2)20-13-14-8-10-15(11-9-14)16(21)22-3/h8-11H,4-7,12-13H2,1-3H3,(H2,18,19,20). The summed E-state index contributed by atoms with van der Waals surface area (Å²) in [5.41, 5.74) is 1.61. The first-order valence-electron chi connectivity index (χ1n) is 7.90. The Bertz CT molecular complexity index is 469. The van der Waals surface area contributed by atoms with Gasteiger partial charge in [0.05, 0.1) is 19.2 Å². The lowest BCUT2D eigenvalue weighted by Gasteiger charge is -2.11. The predicted octanol–water partition coefficient (Wildman–Crippen LogP) is 2.72. The van der Waals surface area contributed by atoms with Gasteiger partial charge in [-0.3, -0.25) is 0 Å². The number of hydrogen-bond acceptors (Lipinski definition) is 3. The third-order valence-electron chi connectivity index (χ3n) is 3.21. The number of guanidine groups is 1. The topological polar surface area (TPSA) is 62.7 Å². The Hall–Kier alpha value is -2.04. The summed E-state index contributed by atoms with van der Waals surface area (Å²) >= 11 is 0. The van der Waals surface area contributed by atoms with E-state index in [0.29, 0.717) is 12.1 Å². The molecular weight excluding hydrogens is 278 g/mol. The minimum Gasteiger partial charge on any atom is -0.465 e. The van der Waals surface area contributed by atoms with Crippen LogP contribution in [0.4, 0.5) is 0 Å². The number of nitrogens with zero attached hydrogens (tertiary/aromatic N) is 1. The summed E-state index contributed by atoms with van der Waals surface area (Å²) in [6, 6.07) is 7.32. The minimum absolute atomic E-state index is 0.319. The molecule has 0 saturated carbocycles. The molecule has 122 valence electrons. The quantitative estimate of drug-likeness (QED) is 0.335. The second kappa shape index (κ2) is 10.7. The molecule has 1 aromatic rings. The van der Waals surface area contributed by atoms with Crippen molar-refractivity contribution in [3.63, 3.8) is 0 Å². The number of benzene rings is 1. The molecule has 0 amide bonds. The summed E-state index contributed by atoms with van der Waals surface area (Å²) in [5, 5.41) is 6.56. The number of carbonyl (C=O) groups excluding carboxylic acids is 1. The van der Waals surface area contributed by atoms with E-state index in [1.54, 1.807) is 12.1 Å². The van der Waals surface area contributed by atoms with Crippen molar-refractivity contribution in [1.29, 1.82) is 0 Å². The summed E-state index contributed by atoms with van der Waals surface area (Å²) in [6.45, 7) is 6.58. The van der Waals surface area contributed by atoms with Crippen LogP contribution in [-0.4, -0.2) is 32.1 Å². The van der Waals surface area contributed by atoms with Gasteiger partial charge in [-0.25, -0.2) is 9.79 Å². The predicted molar refractivity (Wildman–Crippen MR) is 90.1 cm³/mol. The van der Waals surface area contributed by atoms with Crippen molar-refractivity contribution in [3.05, 3.63) is 35.4 Å². The van der Waals surface area contributed by atoms with Crippen LogP contribution in [0.3, 0.4) is 0 Å². The first-order chi connectivity index (χ1) is 10.7. The molecule has 0 heterocycles. The summed E-state index contributed by atoms with van der Waals surface area (Å²) in [5.74, 6) is 0.511. The molecule has 0 spiro atoms. The second-order valence-corrected chi connectivity index (χ2v) is 5.02. The van der Waals surface area contributed by atoms with Crippen LogP contribution in [0.5, 0.6) is 0 Å². The fourth-order valence-electron chi connectivity index (χ4n) is 1.96. The maximum Gasteiger partial charge on any atom is 0.337 e. The molecule has 2 N–H and O–H groups in total. The Morgan fingerprint density at radius 2 is 1.86 bits per heavy atom. The van der Waals surface area contributed by atoms with E-state index >= 15 is 0 Å². The van der Waals surface area contributed by atoms with Gasteiger partial charge in [0, 0.05) is 13.1 Å². The lowest BCUT2D eigenvalue weighted by molar-refractivity contribution is 0.0600. The molecule has 22 heavy (non-hydrogen) atoms. The van der Waals surface area contributed by atoms with Crippen molar-refractivity contribution >= 4 is 11.9 Å². The minimum atomic E-state index is -0.319. The Kier molecular flexibility index (Phi) is 8.72. The molecule has 5 heteroatoms. The van der Waals surface area contributed by atoms with Gasteiger partial charge in [-0.2, -0.15) is 0 Å². The number of carbonyl (C=O) groups is 1. The maximum absolute atomic E-state index is 11.4. The number of unbranched alkanes of at least 4 members (excludes halogenated alkanes) is 2. The van der Waals surface area contributed by atoms with Gasteiger partial charge >= 0.3 is 5.97 Å². The molecular formula is C17H27N3O2. The average molecular weight is 305 g/mol. The van der Waals surface area contributed by atoms with Crippen LogP contribution in [0, 0.1) is 0 Å². The molecule has 0 aromatic heterocycles. The van der Waals surface area contributed by atoms with E-state index in [4.69, 9.17) is 0 Å². The number of aliphatic imine (C=N–C) groups is 1. The van der Waals surface area contributed by atoms with Crippen molar-refractivity contribution in [2.75, 3.05) is 20.2 Å². The molecule has 0 fully saturated rings. The molecule has 0 unspecified atom stereocenters. The van der Waals surface area contributed by atoms with Crippen LogP contribution < -0.4 is 10.6 Å². The summed E-state index contributed by atoms with van der Waals surface area (Å²) in [4.78, 5) is 15.9. The van der Waals surface area contributed by atoms with Crippen molar-refractivity contribution in [3.8, 4) is 0 Å². The SMILES string of the molecule is CCCCCNC(=NCc1ccc(C(=O)OC)cc1)NCC. The van der Waals surface area contributed by atoms with Crippen LogP contribution in [0.1, 0.15) is 49.0 Å². The van der Waals surface area contributed by atoms with E-state index in [1.165, 1.54) is 20.0 Å². The lowest BCUT2D eigenvalue weighted by atomic mass is 10.1. The van der Waals surface area contributed by atoms with Crippen LogP contribution >= 0.6 is 0 Å². The highest BCUT2D eigenvalue weighted by Crippen LogP contribution is 2.06. The summed E-state index contributed by atoms with van der Waals surface area (Å²) in [6.07, 6.45) is 3.58. The molecule has 0 atom stereocenters. The number of nitrogens with one attached hydrogen (secondary N) is 2. The van der Waals surface area contributed by atoms with Crippen molar-refractivity contribution in [1.82, 2.24) is 10.6 Å². The highest BCUT2D eigenvalue weighted by Gasteiger charge is 2.04. The largest absolute Gasteiger partial charge is 0.465 e. The Balaban J connectivity index is 2.55. The second-order valence-electron chi connectivity index (χ2n) is 5.02. The zero-order valence-electron chi connectivity index (χ0n) is 13.8. The average Bonchev–Trinajstić information content (AvgIpc) is 2.56. The third-order valence-corrected chi connectivity index (χ3v) is 3.21. The van der Waals surface area contributed by atoms with Gasteiger partial charge in [0.15, 0.2) is 5.96 Å². The van der Waals surface area contributed by atoms with Crippen LogP contribution in [0.25, 0.3) is 0 Å². The Labute approximate surface area is 133 Å². The van der Waals surface area contributed by atoms with Gasteiger partial charge in [-0.15, -0.1) is 0 Å². The monoisotopic (exact) mass is 305 g/mol. The maximum atomic E-state index is 11.4. The highest BCUT2D eigenvalue weighted by atomic mass is 16.5. The normalized spacial score (nSPS) is 11.1. The molecule has 0 radical (unpaired) electrons. The van der Waals surface area contributed by atoms with Crippen molar-refractivity contribution < 1.29 is 9.53 Å². The van der Waals surface area contributed by atoms with E-state index in [9.17, 15) is 4.79 Å². The summed E-state index contributed by atoms with van der Waals surface area (Å²) < 4.78 is 4.68. The van der Waals surface area contributed by atoms with Crippen LogP contribution in [0.2, 0.25) is 0 Å². The fourth-order valence-corrected chi connectivity index (χ4v) is 1.96. The molecule has 5 nitrogen and oxygen atoms in total. The molecule has 0 aliphatic rings. The van der Waals surface area contributed by atoms with Gasteiger partial charge < -0.3 is 15.4 Å². The number of methoxy groups -OCH3 is 1. The van der Waals surface area contributed by atoms with Crippen molar-refractivity contribution in [2.24, 2.45) is 4.99 Å². The first-order valence-corrected chi connectivity index (χ1v) is 7.90. The van der Waals surface area contributed by atoms with Gasteiger partial charge in [0.1, 0.15) is 0 Å². The smallest absolute Gasteiger partial charge is 0.337 e. The number of rotatable bonds is 8. The zero-order chi connectivity index (χ0) is 16.2. The molecule has 1 rings (SSSR count). The molecule has 0 aliphatic carbocycles. The molecule has 0 saturated heterocycles. The Morgan fingerprint density at radius 3 is 2.45 bits per heavy atom. The van der Waals surface area contributed by atoms with Gasteiger partial charge in [-0.1, -0.05) is 31.9 Å². The first kappa shape index (κ1) is 18.0. The van der Waals surface area contributed by atoms with Crippen molar-refractivity contribution in [2.45, 2.75) is 39.7 Å². The lowest BCUT2D eigenvalue weighted by Crippen LogP contribution is -2.37.